The summed E-state index contributed by atoms with van der Waals surface area (Å²) < 4.78 is 40.7. The van der Waals surface area contributed by atoms with Crippen LogP contribution in [0.3, 0.4) is 0 Å². The fraction of sp³-hybridized carbons (Fsp3) is 0.231. The molecule has 102 valence electrons. The summed E-state index contributed by atoms with van der Waals surface area (Å²) in [6.07, 6.45) is 0. The van der Waals surface area contributed by atoms with Crippen LogP contribution in [0.2, 0.25) is 5.02 Å². The number of nitrogens with one attached hydrogen (secondary N) is 1. The van der Waals surface area contributed by atoms with Crippen LogP contribution in [0.5, 0.6) is 0 Å². The first-order chi connectivity index (χ1) is 9.04. The minimum Gasteiger partial charge on any atom is -0.306 e. The molecule has 0 aliphatic rings. The van der Waals surface area contributed by atoms with Crippen molar-refractivity contribution in [2.75, 3.05) is 6.54 Å². The first-order valence-electron chi connectivity index (χ1n) is 5.65. The Bertz CT molecular complexity index is 562. The Kier molecular flexibility index (Phi) is 4.50. The number of rotatable bonds is 4. The van der Waals surface area contributed by atoms with Gasteiger partial charge < -0.3 is 5.32 Å². The zero-order chi connectivity index (χ0) is 14.0. The van der Waals surface area contributed by atoms with Crippen LogP contribution in [0.15, 0.2) is 23.6 Å². The monoisotopic (exact) mass is 305 g/mol. The Morgan fingerprint density at radius 3 is 2.37 bits per heavy atom. The van der Waals surface area contributed by atoms with Gasteiger partial charge in [0.1, 0.15) is 17.5 Å². The molecule has 1 N–H and O–H groups in total. The quantitative estimate of drug-likeness (QED) is 0.876. The second kappa shape index (κ2) is 5.94. The van der Waals surface area contributed by atoms with Crippen LogP contribution in [0, 0.1) is 17.5 Å². The van der Waals surface area contributed by atoms with Crippen LogP contribution in [-0.4, -0.2) is 6.54 Å². The van der Waals surface area contributed by atoms with E-state index >= 15 is 0 Å². The van der Waals surface area contributed by atoms with Crippen LogP contribution in [0.25, 0.3) is 0 Å². The van der Waals surface area contributed by atoms with Crippen molar-refractivity contribution in [2.45, 2.75) is 13.0 Å². The normalized spacial score (nSPS) is 12.7. The van der Waals surface area contributed by atoms with Crippen molar-refractivity contribution in [1.82, 2.24) is 5.32 Å². The number of halogens is 4. The summed E-state index contributed by atoms with van der Waals surface area (Å²) in [7, 11) is 0. The first kappa shape index (κ1) is 14.4. The van der Waals surface area contributed by atoms with Gasteiger partial charge in [0.15, 0.2) is 0 Å². The Morgan fingerprint density at radius 1 is 1.26 bits per heavy atom. The zero-order valence-electron chi connectivity index (χ0n) is 10.0. The highest BCUT2D eigenvalue weighted by Gasteiger charge is 2.25. The molecule has 0 spiro atoms. The maximum atomic E-state index is 13.8. The molecule has 6 heteroatoms. The molecule has 0 saturated carbocycles. The van der Waals surface area contributed by atoms with Gasteiger partial charge >= 0.3 is 0 Å². The van der Waals surface area contributed by atoms with E-state index in [4.69, 9.17) is 11.6 Å². The topological polar surface area (TPSA) is 12.0 Å². The van der Waals surface area contributed by atoms with Crippen molar-refractivity contribution >= 4 is 22.9 Å². The van der Waals surface area contributed by atoms with Gasteiger partial charge in [0.05, 0.1) is 11.1 Å². The molecule has 1 heterocycles. The molecule has 0 saturated heterocycles. The molecular weight excluding hydrogens is 295 g/mol. The SMILES string of the molecule is CCNC(c1sccc1Cl)c1c(F)cc(F)cc1F. The predicted octanol–water partition coefficient (Wildman–Crippen LogP) is 4.52. The van der Waals surface area contributed by atoms with Gasteiger partial charge in [-0.25, -0.2) is 13.2 Å². The third-order valence-electron chi connectivity index (χ3n) is 2.65. The zero-order valence-corrected chi connectivity index (χ0v) is 11.6. The van der Waals surface area contributed by atoms with Gasteiger partial charge in [-0.1, -0.05) is 18.5 Å². The van der Waals surface area contributed by atoms with E-state index in [9.17, 15) is 13.2 Å². The molecule has 1 aromatic carbocycles. The van der Waals surface area contributed by atoms with Crippen molar-refractivity contribution in [2.24, 2.45) is 0 Å². The maximum absolute atomic E-state index is 13.8. The molecule has 1 unspecified atom stereocenters. The first-order valence-corrected chi connectivity index (χ1v) is 6.91. The largest absolute Gasteiger partial charge is 0.306 e. The molecule has 19 heavy (non-hydrogen) atoms. The Morgan fingerprint density at radius 2 is 1.89 bits per heavy atom. The summed E-state index contributed by atoms with van der Waals surface area (Å²) in [5, 5.41) is 5.13. The van der Waals surface area contributed by atoms with Crippen LogP contribution in [0.4, 0.5) is 13.2 Å². The summed E-state index contributed by atoms with van der Waals surface area (Å²) in [5.74, 6) is -2.79. The van der Waals surface area contributed by atoms with Crippen LogP contribution >= 0.6 is 22.9 Å². The Labute approximate surface area is 118 Å². The highest BCUT2D eigenvalue weighted by atomic mass is 35.5. The summed E-state index contributed by atoms with van der Waals surface area (Å²) >= 11 is 7.30. The van der Waals surface area contributed by atoms with Gasteiger partial charge in [-0.3, -0.25) is 0 Å². The fourth-order valence-corrected chi connectivity index (χ4v) is 3.12. The van der Waals surface area contributed by atoms with Crippen molar-refractivity contribution in [3.8, 4) is 0 Å². The molecule has 0 fully saturated rings. The number of hydrogen-bond donors (Lipinski definition) is 1. The van der Waals surface area contributed by atoms with Gasteiger partial charge in [-0.05, 0) is 18.0 Å². The number of benzene rings is 1. The lowest BCUT2D eigenvalue weighted by Gasteiger charge is -2.19. The van der Waals surface area contributed by atoms with Crippen molar-refractivity contribution < 1.29 is 13.2 Å². The number of thiophene rings is 1. The van der Waals surface area contributed by atoms with Crippen LogP contribution < -0.4 is 5.32 Å². The molecule has 1 atom stereocenters. The summed E-state index contributed by atoms with van der Waals surface area (Å²) in [6, 6.07) is 2.28. The Balaban J connectivity index is 2.54. The molecule has 1 nitrogen and oxygen atoms in total. The number of hydrogen-bond acceptors (Lipinski definition) is 2. The maximum Gasteiger partial charge on any atom is 0.134 e. The lowest BCUT2D eigenvalue weighted by molar-refractivity contribution is 0.494. The molecule has 0 aliphatic heterocycles. The van der Waals surface area contributed by atoms with Crippen LogP contribution in [0.1, 0.15) is 23.4 Å². The summed E-state index contributed by atoms with van der Waals surface area (Å²) in [5.41, 5.74) is -0.215. The van der Waals surface area contributed by atoms with Gasteiger partial charge in [0.2, 0.25) is 0 Å². The third-order valence-corrected chi connectivity index (χ3v) is 4.07. The van der Waals surface area contributed by atoms with E-state index in [0.717, 1.165) is 0 Å². The summed E-state index contributed by atoms with van der Waals surface area (Å²) in [4.78, 5) is 0.605. The van der Waals surface area contributed by atoms with Gasteiger partial charge in [0, 0.05) is 22.6 Å². The average Bonchev–Trinajstić information content (AvgIpc) is 2.73. The smallest absolute Gasteiger partial charge is 0.134 e. The molecule has 0 bridgehead atoms. The van der Waals surface area contributed by atoms with Gasteiger partial charge in [-0.2, -0.15) is 0 Å². The molecule has 0 aliphatic carbocycles. The van der Waals surface area contributed by atoms with E-state index in [1.54, 1.807) is 11.4 Å². The third kappa shape index (κ3) is 2.94. The molecule has 1 aromatic heterocycles. The van der Waals surface area contributed by atoms with E-state index < -0.39 is 23.5 Å². The molecule has 2 aromatic rings. The second-order valence-electron chi connectivity index (χ2n) is 3.91. The van der Waals surface area contributed by atoms with Crippen LogP contribution in [-0.2, 0) is 0 Å². The molecule has 2 rings (SSSR count). The van der Waals surface area contributed by atoms with E-state index in [1.165, 1.54) is 11.3 Å². The van der Waals surface area contributed by atoms with Crippen molar-refractivity contribution in [3.63, 3.8) is 0 Å². The van der Waals surface area contributed by atoms with Crippen molar-refractivity contribution in [3.05, 3.63) is 56.5 Å². The minimum absolute atomic E-state index is 0.215. The standard InChI is InChI=1S/C13H11ClF3NS/c1-2-18-12(13-8(14)3-4-19-13)11-9(16)5-7(15)6-10(11)17/h3-6,12,18H,2H2,1H3. The van der Waals surface area contributed by atoms with Gasteiger partial charge in [0.25, 0.3) is 0 Å². The lowest BCUT2D eigenvalue weighted by Crippen LogP contribution is -2.23. The van der Waals surface area contributed by atoms with Gasteiger partial charge in [-0.15, -0.1) is 11.3 Å². The lowest BCUT2D eigenvalue weighted by atomic mass is 10.0. The highest BCUT2D eigenvalue weighted by Crippen LogP contribution is 2.35. The predicted molar refractivity (Wildman–Crippen MR) is 71.2 cm³/mol. The Hall–Kier alpha value is -1.04. The minimum atomic E-state index is -0.939. The van der Waals surface area contributed by atoms with E-state index in [1.807, 2.05) is 6.92 Å². The highest BCUT2D eigenvalue weighted by molar-refractivity contribution is 7.10. The molecule has 0 amide bonds. The average molecular weight is 306 g/mol. The summed E-state index contributed by atoms with van der Waals surface area (Å²) in [6.45, 7) is 2.31. The van der Waals surface area contributed by atoms with Crippen molar-refractivity contribution in [1.29, 1.82) is 0 Å². The molecular formula is C13H11ClF3NS. The molecule has 0 radical (unpaired) electrons. The van der Waals surface area contributed by atoms with E-state index in [-0.39, 0.29) is 5.56 Å². The second-order valence-corrected chi connectivity index (χ2v) is 5.26. The van der Waals surface area contributed by atoms with E-state index in [2.05, 4.69) is 5.32 Å². The fourth-order valence-electron chi connectivity index (χ4n) is 1.87. The van der Waals surface area contributed by atoms with E-state index in [0.29, 0.717) is 28.6 Å².